The lowest BCUT2D eigenvalue weighted by Gasteiger charge is -2.28. The highest BCUT2D eigenvalue weighted by Crippen LogP contribution is 2.38. The number of carbonyl (C=O) groups excluding carboxylic acids is 2. The molecule has 0 rings (SSSR count). The molecule has 0 N–H and O–H groups in total. The van der Waals surface area contributed by atoms with Crippen LogP contribution in [-0.2, 0) is 32.7 Å². The van der Waals surface area contributed by atoms with Crippen LogP contribution in [0.5, 0.6) is 0 Å². The van der Waals surface area contributed by atoms with Gasteiger partial charge in [0.1, 0.15) is 19.8 Å². The topological polar surface area (TPSA) is 111 Å². The summed E-state index contributed by atoms with van der Waals surface area (Å²) in [6.45, 7) is 4.28. The molecule has 0 aliphatic carbocycles. The number of hydrogen-bond acceptors (Lipinski definition) is 8. The number of rotatable bonds is 56. The number of hydrogen-bond donors (Lipinski definition) is 0. The first-order chi connectivity index (χ1) is 33.5. The van der Waals surface area contributed by atoms with Gasteiger partial charge in [-0.15, -0.1) is 0 Å². The Morgan fingerprint density at radius 1 is 0.435 bits per heavy atom. The van der Waals surface area contributed by atoms with Crippen molar-refractivity contribution in [2.24, 2.45) is 0 Å². The first-order valence-corrected chi connectivity index (χ1v) is 31.4. The summed E-state index contributed by atoms with van der Waals surface area (Å²) in [5, 5.41) is 0. The van der Waals surface area contributed by atoms with Crippen molar-refractivity contribution in [3.63, 3.8) is 0 Å². The van der Waals surface area contributed by atoms with Crippen molar-refractivity contribution in [3.8, 4) is 0 Å². The number of phosphoric ester groups is 1. The van der Waals surface area contributed by atoms with Crippen molar-refractivity contribution < 1.29 is 42.1 Å². The Bertz CT molecular complexity index is 1180. The molecule has 0 amide bonds. The van der Waals surface area contributed by atoms with Crippen LogP contribution >= 0.6 is 7.82 Å². The van der Waals surface area contributed by atoms with Crippen LogP contribution in [0, 0.1) is 0 Å². The van der Waals surface area contributed by atoms with E-state index in [1.165, 1.54) is 218 Å². The Morgan fingerprint density at radius 2 is 0.739 bits per heavy atom. The number of quaternary nitrogens is 1. The van der Waals surface area contributed by atoms with Gasteiger partial charge >= 0.3 is 11.9 Å². The van der Waals surface area contributed by atoms with Crippen LogP contribution in [0.3, 0.4) is 0 Å². The fraction of sp³-hybridized carbons (Fsp3) is 0.932. The minimum atomic E-state index is -4.63. The number of allylic oxidation sites excluding steroid dienone is 2. The molecule has 2 atom stereocenters. The molecule has 0 saturated heterocycles. The summed E-state index contributed by atoms with van der Waals surface area (Å²) in [4.78, 5) is 37.8. The minimum absolute atomic E-state index is 0.0289. The number of unbranched alkanes of at least 4 members (excludes halogenated alkanes) is 40. The molecule has 0 aromatic heterocycles. The van der Waals surface area contributed by atoms with Gasteiger partial charge in [-0.25, -0.2) is 0 Å². The second kappa shape index (κ2) is 51.6. The minimum Gasteiger partial charge on any atom is -0.756 e. The molecule has 410 valence electrons. The van der Waals surface area contributed by atoms with Crippen molar-refractivity contribution in [3.05, 3.63) is 12.2 Å². The lowest BCUT2D eigenvalue weighted by Crippen LogP contribution is -2.37. The molecule has 0 saturated carbocycles. The van der Waals surface area contributed by atoms with E-state index in [2.05, 4.69) is 26.0 Å². The summed E-state index contributed by atoms with van der Waals surface area (Å²) in [6.07, 6.45) is 59.9. The number of likely N-dealkylation sites (N-methyl/N-ethyl adjacent to an activating group) is 1. The molecule has 0 bridgehead atoms. The molecule has 0 aliphatic rings. The summed E-state index contributed by atoms with van der Waals surface area (Å²) in [7, 11) is 1.18. The maximum atomic E-state index is 12.7. The van der Waals surface area contributed by atoms with E-state index in [0.717, 1.165) is 51.4 Å². The Kier molecular flexibility index (Phi) is 50.7. The fourth-order valence-corrected chi connectivity index (χ4v) is 9.62. The first kappa shape index (κ1) is 67.8. The lowest BCUT2D eigenvalue weighted by atomic mass is 10.0. The number of phosphoric acid groups is 1. The molecule has 10 heteroatoms. The second-order valence-electron chi connectivity index (χ2n) is 21.7. The molecule has 0 fully saturated rings. The molecule has 0 aliphatic heterocycles. The predicted octanol–water partition coefficient (Wildman–Crippen LogP) is 17.8. The second-order valence-corrected chi connectivity index (χ2v) is 23.1. The van der Waals surface area contributed by atoms with Crippen LogP contribution in [0.2, 0.25) is 0 Å². The summed E-state index contributed by atoms with van der Waals surface area (Å²) >= 11 is 0. The molecule has 0 aromatic carbocycles. The normalized spacial score (nSPS) is 13.3. The summed E-state index contributed by atoms with van der Waals surface area (Å²) < 4.78 is 34.1. The van der Waals surface area contributed by atoms with Gasteiger partial charge in [-0.1, -0.05) is 264 Å². The van der Waals surface area contributed by atoms with Gasteiger partial charge in [0.05, 0.1) is 27.7 Å². The van der Waals surface area contributed by atoms with E-state index in [0.29, 0.717) is 17.4 Å². The van der Waals surface area contributed by atoms with E-state index in [1.807, 2.05) is 21.1 Å². The van der Waals surface area contributed by atoms with Gasteiger partial charge in [-0.05, 0) is 38.5 Å². The molecule has 69 heavy (non-hydrogen) atoms. The van der Waals surface area contributed by atoms with Crippen LogP contribution < -0.4 is 4.89 Å². The Morgan fingerprint density at radius 3 is 1.07 bits per heavy atom. The molecule has 0 spiro atoms. The van der Waals surface area contributed by atoms with Crippen LogP contribution in [-0.4, -0.2) is 70.0 Å². The average Bonchev–Trinajstić information content (AvgIpc) is 3.31. The van der Waals surface area contributed by atoms with Gasteiger partial charge in [0, 0.05) is 12.8 Å². The maximum Gasteiger partial charge on any atom is 0.306 e. The van der Waals surface area contributed by atoms with Crippen LogP contribution in [0.4, 0.5) is 0 Å². The number of ether oxygens (including phenoxy) is 2. The lowest BCUT2D eigenvalue weighted by molar-refractivity contribution is -0.870. The summed E-state index contributed by atoms with van der Waals surface area (Å²) in [5.41, 5.74) is 0. The fourth-order valence-electron chi connectivity index (χ4n) is 8.89. The molecular formula is C59H116NO8P. The number of esters is 2. The Labute approximate surface area is 428 Å². The largest absolute Gasteiger partial charge is 0.756 e. The van der Waals surface area contributed by atoms with E-state index in [9.17, 15) is 19.0 Å². The molecule has 0 heterocycles. The quantitative estimate of drug-likeness (QED) is 0.0195. The maximum absolute atomic E-state index is 12.7. The summed E-state index contributed by atoms with van der Waals surface area (Å²) in [6, 6.07) is 0. The van der Waals surface area contributed by atoms with Gasteiger partial charge in [0.2, 0.25) is 0 Å². The van der Waals surface area contributed by atoms with Crippen molar-refractivity contribution in [2.45, 2.75) is 309 Å². The van der Waals surface area contributed by atoms with Gasteiger partial charge in [-0.3, -0.25) is 14.2 Å². The third-order valence-corrected chi connectivity index (χ3v) is 14.5. The van der Waals surface area contributed by atoms with E-state index in [4.69, 9.17) is 18.5 Å². The highest BCUT2D eigenvalue weighted by atomic mass is 31.2. The van der Waals surface area contributed by atoms with Crippen molar-refractivity contribution in [2.75, 3.05) is 47.5 Å². The third kappa shape index (κ3) is 55.9. The Balaban J connectivity index is 3.99. The van der Waals surface area contributed by atoms with Crippen LogP contribution in [0.15, 0.2) is 12.2 Å². The molecule has 2 unspecified atom stereocenters. The third-order valence-electron chi connectivity index (χ3n) is 13.5. The zero-order valence-electron chi connectivity index (χ0n) is 46.5. The SMILES string of the molecule is CCCCCCCC/C=C\CCCCCCCC(=O)OC(COC(=O)CCCCCCCCCCCCCCCCCCCCCCCCCCCCCCCC)COP(=O)([O-])OCC[N+](C)(C)C. The first-order valence-electron chi connectivity index (χ1n) is 29.9. The predicted molar refractivity (Wildman–Crippen MR) is 292 cm³/mol. The molecular weight excluding hydrogens is 882 g/mol. The molecule has 9 nitrogen and oxygen atoms in total. The van der Waals surface area contributed by atoms with Gasteiger partial charge in [0.25, 0.3) is 7.82 Å². The van der Waals surface area contributed by atoms with E-state index < -0.39 is 26.5 Å². The van der Waals surface area contributed by atoms with E-state index >= 15 is 0 Å². The van der Waals surface area contributed by atoms with E-state index in [-0.39, 0.29) is 32.0 Å². The van der Waals surface area contributed by atoms with Crippen molar-refractivity contribution in [1.82, 2.24) is 0 Å². The average molecular weight is 999 g/mol. The van der Waals surface area contributed by atoms with Gasteiger partial charge in [0.15, 0.2) is 6.10 Å². The number of nitrogens with zero attached hydrogens (tertiary/aromatic N) is 1. The highest BCUT2D eigenvalue weighted by Gasteiger charge is 2.22. The smallest absolute Gasteiger partial charge is 0.306 e. The van der Waals surface area contributed by atoms with Crippen LogP contribution in [0.25, 0.3) is 0 Å². The number of carbonyl (C=O) groups is 2. The standard InChI is InChI=1S/C59H116NO8P/c1-6-8-10-12-14-16-18-20-22-23-24-25-26-27-28-29-30-31-32-33-34-35-36-38-39-41-43-45-47-49-51-58(61)65-55-57(56-67-69(63,64)66-54-53-60(3,4)5)68-59(62)52-50-48-46-44-42-40-37-21-19-17-15-13-11-9-7-2/h21,37,57H,6-20,22-36,38-56H2,1-5H3/b37-21-. The zero-order chi connectivity index (χ0) is 50.6. The van der Waals surface area contributed by atoms with Crippen molar-refractivity contribution >= 4 is 19.8 Å². The van der Waals surface area contributed by atoms with Gasteiger partial charge in [-0.2, -0.15) is 0 Å². The summed E-state index contributed by atoms with van der Waals surface area (Å²) in [5.74, 6) is -0.826. The highest BCUT2D eigenvalue weighted by molar-refractivity contribution is 7.45. The monoisotopic (exact) mass is 998 g/mol. The molecule has 0 radical (unpaired) electrons. The Hall–Kier alpha value is -1.25. The molecule has 0 aromatic rings. The van der Waals surface area contributed by atoms with Crippen molar-refractivity contribution in [1.29, 1.82) is 0 Å². The van der Waals surface area contributed by atoms with Gasteiger partial charge < -0.3 is 27.9 Å². The van der Waals surface area contributed by atoms with Crippen LogP contribution in [0.1, 0.15) is 303 Å². The van der Waals surface area contributed by atoms with E-state index in [1.54, 1.807) is 0 Å². The zero-order valence-corrected chi connectivity index (χ0v) is 47.4.